The number of imidazole rings is 1. The molecule has 0 radical (unpaired) electrons. The van der Waals surface area contributed by atoms with Gasteiger partial charge in [-0.3, -0.25) is 0 Å². The Balaban J connectivity index is 2.17. The predicted molar refractivity (Wildman–Crippen MR) is 69.7 cm³/mol. The number of nitrogens with one attached hydrogen (secondary N) is 1. The van der Waals surface area contributed by atoms with Gasteiger partial charge < -0.3 is 15.6 Å². The van der Waals surface area contributed by atoms with Crippen molar-refractivity contribution in [1.82, 2.24) is 9.55 Å². The van der Waals surface area contributed by atoms with Crippen LogP contribution in [0.4, 0.5) is 10.1 Å². The molecule has 1 aromatic heterocycles. The van der Waals surface area contributed by atoms with Gasteiger partial charge in [-0.2, -0.15) is 0 Å². The van der Waals surface area contributed by atoms with E-state index in [1.807, 2.05) is 4.57 Å². The average Bonchev–Trinajstić information content (AvgIpc) is 2.86. The van der Waals surface area contributed by atoms with Gasteiger partial charge in [0.15, 0.2) is 0 Å². The highest BCUT2D eigenvalue weighted by Crippen LogP contribution is 2.18. The van der Waals surface area contributed by atoms with Gasteiger partial charge in [0.05, 0.1) is 24.3 Å². The van der Waals surface area contributed by atoms with E-state index in [1.54, 1.807) is 24.7 Å². The van der Waals surface area contributed by atoms with Crippen LogP contribution < -0.4 is 11.1 Å². The molecular weight excluding hydrogens is 231 g/mol. The number of nitrogens with zero attached hydrogens (tertiary/aromatic N) is 2. The first-order valence-electron chi connectivity index (χ1n) is 5.96. The van der Waals surface area contributed by atoms with Crippen LogP contribution in [0.15, 0.2) is 36.8 Å². The summed E-state index contributed by atoms with van der Waals surface area (Å²) in [6, 6.07) is 6.22. The smallest absolute Gasteiger partial charge is 0.123 e. The molecule has 2 aromatic rings. The number of hydrogen-bond acceptors (Lipinski definition) is 3. The van der Waals surface area contributed by atoms with Crippen molar-refractivity contribution in [2.45, 2.75) is 19.5 Å². The van der Waals surface area contributed by atoms with E-state index in [-0.39, 0.29) is 11.9 Å². The maximum atomic E-state index is 12.8. The van der Waals surface area contributed by atoms with E-state index in [0.717, 1.165) is 17.9 Å². The van der Waals surface area contributed by atoms with Crippen molar-refractivity contribution in [3.63, 3.8) is 0 Å². The lowest BCUT2D eigenvalue weighted by Crippen LogP contribution is -2.23. The van der Waals surface area contributed by atoms with Crippen molar-refractivity contribution in [2.24, 2.45) is 5.73 Å². The molecular formula is C13H17FN4. The van der Waals surface area contributed by atoms with Crippen molar-refractivity contribution in [3.05, 3.63) is 48.3 Å². The summed E-state index contributed by atoms with van der Waals surface area (Å²) < 4.78 is 14.9. The van der Waals surface area contributed by atoms with E-state index in [9.17, 15) is 4.39 Å². The lowest BCUT2D eigenvalue weighted by atomic mass is 10.2. The van der Waals surface area contributed by atoms with Crippen LogP contribution in [0.25, 0.3) is 0 Å². The minimum Gasteiger partial charge on any atom is -0.375 e. The number of aromatic nitrogens is 2. The fraction of sp³-hybridized carbons (Fsp3) is 0.308. The standard InChI is InChI=1S/C13H17FN4/c1-2-18-9-16-8-13(18)12(7-15)17-11-5-3-10(14)4-6-11/h3-6,8-9,12,17H,2,7,15H2,1H3. The molecule has 1 unspecified atom stereocenters. The molecule has 3 N–H and O–H groups in total. The Labute approximate surface area is 106 Å². The number of hydrogen-bond donors (Lipinski definition) is 2. The Morgan fingerprint density at radius 1 is 1.39 bits per heavy atom. The van der Waals surface area contributed by atoms with E-state index in [0.29, 0.717) is 6.54 Å². The molecule has 5 heteroatoms. The summed E-state index contributed by atoms with van der Waals surface area (Å²) in [7, 11) is 0. The van der Waals surface area contributed by atoms with Gasteiger partial charge in [-0.25, -0.2) is 9.37 Å². The summed E-state index contributed by atoms with van der Waals surface area (Å²) in [5.41, 5.74) is 7.66. The molecule has 0 amide bonds. The third-order valence-electron chi connectivity index (χ3n) is 2.86. The quantitative estimate of drug-likeness (QED) is 0.852. The van der Waals surface area contributed by atoms with Crippen molar-refractivity contribution in [1.29, 1.82) is 0 Å². The second kappa shape index (κ2) is 5.64. The van der Waals surface area contributed by atoms with Crippen LogP contribution in [0, 0.1) is 5.82 Å². The van der Waals surface area contributed by atoms with E-state index in [2.05, 4.69) is 17.2 Å². The molecule has 0 aliphatic carbocycles. The van der Waals surface area contributed by atoms with E-state index in [4.69, 9.17) is 5.73 Å². The maximum Gasteiger partial charge on any atom is 0.123 e. The van der Waals surface area contributed by atoms with Crippen LogP contribution in [0.2, 0.25) is 0 Å². The van der Waals surface area contributed by atoms with Gasteiger partial charge in [0.1, 0.15) is 5.82 Å². The van der Waals surface area contributed by atoms with Crippen molar-refractivity contribution in [3.8, 4) is 0 Å². The van der Waals surface area contributed by atoms with Crippen LogP contribution in [0.1, 0.15) is 18.7 Å². The van der Waals surface area contributed by atoms with Gasteiger partial charge in [0.2, 0.25) is 0 Å². The molecule has 1 atom stereocenters. The fourth-order valence-electron chi connectivity index (χ4n) is 1.89. The third kappa shape index (κ3) is 2.68. The van der Waals surface area contributed by atoms with Crippen LogP contribution >= 0.6 is 0 Å². The molecule has 4 nitrogen and oxygen atoms in total. The number of nitrogens with two attached hydrogens (primary N) is 1. The van der Waals surface area contributed by atoms with E-state index >= 15 is 0 Å². The number of benzene rings is 1. The molecule has 0 spiro atoms. The monoisotopic (exact) mass is 248 g/mol. The van der Waals surface area contributed by atoms with Gasteiger partial charge in [-0.15, -0.1) is 0 Å². The lowest BCUT2D eigenvalue weighted by Gasteiger charge is -2.19. The normalized spacial score (nSPS) is 12.4. The molecule has 0 aliphatic heterocycles. The molecule has 0 bridgehead atoms. The Hall–Kier alpha value is -1.88. The summed E-state index contributed by atoms with van der Waals surface area (Å²) in [6.45, 7) is 3.34. The SMILES string of the molecule is CCn1cncc1C(CN)Nc1ccc(F)cc1. The van der Waals surface area contributed by atoms with Crippen LogP contribution in [0.5, 0.6) is 0 Å². The summed E-state index contributed by atoms with van der Waals surface area (Å²) in [5, 5.41) is 3.28. The summed E-state index contributed by atoms with van der Waals surface area (Å²) in [6.07, 6.45) is 3.59. The lowest BCUT2D eigenvalue weighted by molar-refractivity contribution is 0.627. The van der Waals surface area contributed by atoms with E-state index in [1.165, 1.54) is 12.1 Å². The molecule has 0 aliphatic rings. The van der Waals surface area contributed by atoms with Crippen molar-refractivity contribution >= 4 is 5.69 Å². The summed E-state index contributed by atoms with van der Waals surface area (Å²) in [4.78, 5) is 4.12. The average molecular weight is 248 g/mol. The maximum absolute atomic E-state index is 12.8. The minimum absolute atomic E-state index is 0.0297. The first kappa shape index (κ1) is 12.6. The van der Waals surface area contributed by atoms with Crippen LogP contribution in [-0.2, 0) is 6.54 Å². The highest BCUT2D eigenvalue weighted by Gasteiger charge is 2.13. The van der Waals surface area contributed by atoms with Crippen LogP contribution in [-0.4, -0.2) is 16.1 Å². The highest BCUT2D eigenvalue weighted by molar-refractivity contribution is 5.44. The van der Waals surface area contributed by atoms with Crippen molar-refractivity contribution < 1.29 is 4.39 Å². The summed E-state index contributed by atoms with van der Waals surface area (Å²) >= 11 is 0. The molecule has 1 aromatic carbocycles. The molecule has 18 heavy (non-hydrogen) atoms. The molecule has 0 fully saturated rings. The summed E-state index contributed by atoms with van der Waals surface area (Å²) in [5.74, 6) is -0.247. The zero-order chi connectivity index (χ0) is 13.0. The van der Waals surface area contributed by atoms with Gasteiger partial charge >= 0.3 is 0 Å². The zero-order valence-electron chi connectivity index (χ0n) is 10.3. The first-order valence-corrected chi connectivity index (χ1v) is 5.96. The second-order valence-corrected chi connectivity index (χ2v) is 4.04. The fourth-order valence-corrected chi connectivity index (χ4v) is 1.89. The van der Waals surface area contributed by atoms with Gasteiger partial charge in [0.25, 0.3) is 0 Å². The predicted octanol–water partition coefficient (Wildman–Crippen LogP) is 2.15. The largest absolute Gasteiger partial charge is 0.375 e. The van der Waals surface area contributed by atoms with Crippen LogP contribution in [0.3, 0.4) is 0 Å². The van der Waals surface area contributed by atoms with Crippen molar-refractivity contribution in [2.75, 3.05) is 11.9 Å². The highest BCUT2D eigenvalue weighted by atomic mass is 19.1. The second-order valence-electron chi connectivity index (χ2n) is 4.04. The van der Waals surface area contributed by atoms with Gasteiger partial charge in [-0.05, 0) is 31.2 Å². The Morgan fingerprint density at radius 3 is 2.72 bits per heavy atom. The topological polar surface area (TPSA) is 55.9 Å². The molecule has 1 heterocycles. The van der Waals surface area contributed by atoms with Gasteiger partial charge in [-0.1, -0.05) is 0 Å². The third-order valence-corrected chi connectivity index (χ3v) is 2.86. The number of halogens is 1. The van der Waals surface area contributed by atoms with Gasteiger partial charge in [0, 0.05) is 18.8 Å². The Morgan fingerprint density at radius 2 is 2.11 bits per heavy atom. The minimum atomic E-state index is -0.247. The number of rotatable bonds is 5. The zero-order valence-corrected chi connectivity index (χ0v) is 10.3. The number of aryl methyl sites for hydroxylation is 1. The Kier molecular flexibility index (Phi) is 3.94. The molecule has 2 rings (SSSR count). The van der Waals surface area contributed by atoms with E-state index < -0.39 is 0 Å². The molecule has 0 saturated carbocycles. The number of anilines is 1. The Bertz CT molecular complexity index is 492. The molecule has 96 valence electrons. The molecule has 0 saturated heterocycles. The first-order chi connectivity index (χ1) is 8.74.